The molecule has 202 valence electrons. The summed E-state index contributed by atoms with van der Waals surface area (Å²) in [5.41, 5.74) is 2.75. The Balaban J connectivity index is 1.37. The van der Waals surface area contributed by atoms with Crippen LogP contribution >= 0.6 is 0 Å². The van der Waals surface area contributed by atoms with Crippen LogP contribution in [0.2, 0.25) is 0 Å². The van der Waals surface area contributed by atoms with Crippen molar-refractivity contribution in [2.45, 2.75) is 90.3 Å². The first-order chi connectivity index (χ1) is 17.6. The molecule has 0 unspecified atom stereocenters. The molecule has 1 nitrogen and oxygen atoms in total. The van der Waals surface area contributed by atoms with Gasteiger partial charge in [0.1, 0.15) is 5.82 Å². The number of benzene rings is 2. The molecule has 0 atom stereocenters. The fraction of sp³-hybridized carbons (Fsp3) is 0.533. The zero-order valence-electron chi connectivity index (χ0n) is 21.2. The van der Waals surface area contributed by atoms with Gasteiger partial charge >= 0.3 is 6.36 Å². The largest absolute Gasteiger partial charge is 0.573 e. The molecule has 0 heterocycles. The minimum atomic E-state index is -5.24. The number of allylic oxidation sites excluding steroid dienone is 2. The molecule has 0 bridgehead atoms. The molecular weight excluding hydrogens is 490 g/mol. The summed E-state index contributed by atoms with van der Waals surface area (Å²) in [5.74, 6) is -3.66. The topological polar surface area (TPSA) is 9.23 Å². The Labute approximate surface area is 214 Å². The van der Waals surface area contributed by atoms with E-state index in [4.69, 9.17) is 0 Å². The Morgan fingerprint density at radius 2 is 1.46 bits per heavy atom. The lowest BCUT2D eigenvalue weighted by Gasteiger charge is -2.29. The second kappa shape index (κ2) is 12.0. The summed E-state index contributed by atoms with van der Waals surface area (Å²) in [6.45, 7) is 2.24. The number of alkyl halides is 3. The van der Waals surface area contributed by atoms with Crippen LogP contribution in [0.25, 0.3) is 11.1 Å². The first kappa shape index (κ1) is 27.6. The molecule has 2 aliphatic rings. The van der Waals surface area contributed by atoms with Crippen molar-refractivity contribution in [2.24, 2.45) is 11.8 Å². The summed E-state index contributed by atoms with van der Waals surface area (Å²) in [4.78, 5) is 0. The summed E-state index contributed by atoms with van der Waals surface area (Å²) in [6.07, 6.45) is 10.8. The third kappa shape index (κ3) is 7.32. The average molecular weight is 525 g/mol. The maximum absolute atomic E-state index is 15.0. The van der Waals surface area contributed by atoms with E-state index in [0.29, 0.717) is 25.0 Å². The van der Waals surface area contributed by atoms with Crippen LogP contribution in [0.15, 0.2) is 35.9 Å². The summed E-state index contributed by atoms with van der Waals surface area (Å²) in [6, 6.07) is 4.25. The Morgan fingerprint density at radius 3 is 2.08 bits per heavy atom. The number of fused-ring (bicyclic) bond motifs is 1. The van der Waals surface area contributed by atoms with Gasteiger partial charge in [0, 0.05) is 5.56 Å². The maximum Gasteiger partial charge on any atom is 0.573 e. The molecule has 2 aliphatic carbocycles. The van der Waals surface area contributed by atoms with Gasteiger partial charge in [-0.25, -0.2) is 13.2 Å². The highest BCUT2D eigenvalue weighted by molar-refractivity contribution is 5.67. The third-order valence-corrected chi connectivity index (χ3v) is 7.90. The number of hydrogen-bond donors (Lipinski definition) is 0. The molecule has 4 rings (SSSR count). The molecule has 2 aromatic rings. The van der Waals surface area contributed by atoms with Crippen molar-refractivity contribution in [2.75, 3.05) is 0 Å². The summed E-state index contributed by atoms with van der Waals surface area (Å²) >= 11 is 0. The molecule has 0 N–H and O–H groups in total. The Hall–Kier alpha value is -2.44. The average Bonchev–Trinajstić information content (AvgIpc) is 2.84. The molecule has 0 saturated heterocycles. The van der Waals surface area contributed by atoms with Crippen molar-refractivity contribution in [3.05, 3.63) is 64.5 Å². The van der Waals surface area contributed by atoms with Crippen molar-refractivity contribution in [3.8, 4) is 16.9 Å². The van der Waals surface area contributed by atoms with E-state index in [-0.39, 0.29) is 11.1 Å². The lowest BCUT2D eigenvalue weighted by atomic mass is 9.77. The highest BCUT2D eigenvalue weighted by atomic mass is 19.4. The second-order valence-corrected chi connectivity index (χ2v) is 10.6. The lowest BCUT2D eigenvalue weighted by Crippen LogP contribution is -2.19. The van der Waals surface area contributed by atoms with Crippen molar-refractivity contribution in [1.82, 2.24) is 0 Å². The fourth-order valence-corrected chi connectivity index (χ4v) is 5.81. The molecule has 0 amide bonds. The van der Waals surface area contributed by atoms with E-state index in [1.54, 1.807) is 0 Å². The van der Waals surface area contributed by atoms with E-state index in [2.05, 4.69) is 17.7 Å². The van der Waals surface area contributed by atoms with Gasteiger partial charge in [-0.3, -0.25) is 0 Å². The summed E-state index contributed by atoms with van der Waals surface area (Å²) in [5, 5.41) is 0. The third-order valence-electron chi connectivity index (χ3n) is 7.90. The number of ether oxygens (including phenoxy) is 1. The van der Waals surface area contributed by atoms with Crippen LogP contribution in [-0.4, -0.2) is 6.36 Å². The van der Waals surface area contributed by atoms with Crippen LogP contribution < -0.4 is 4.74 Å². The smallest absolute Gasteiger partial charge is 0.399 e. The molecule has 2 aromatic carbocycles. The predicted molar refractivity (Wildman–Crippen MR) is 133 cm³/mol. The standard InChI is InChI=1S/C30H34F6O/c1-2-3-4-5-19-6-8-20(9-7-19)10-11-21-12-13-22-15-25(26(31)16-23(22)14-21)24-17-27(32)29(28(33)18-24)37-30(34,35)36/h12,15-20H,2-11,13-14H2,1H3. The predicted octanol–water partition coefficient (Wildman–Crippen LogP) is 9.86. The number of rotatable bonds is 9. The Morgan fingerprint density at radius 1 is 0.811 bits per heavy atom. The number of hydrogen-bond acceptors (Lipinski definition) is 1. The molecule has 0 spiro atoms. The summed E-state index contributed by atoms with van der Waals surface area (Å²) < 4.78 is 84.0. The zero-order chi connectivity index (χ0) is 26.6. The molecular formula is C30H34F6O. The van der Waals surface area contributed by atoms with Crippen LogP contribution in [0.1, 0.15) is 82.3 Å². The van der Waals surface area contributed by atoms with Gasteiger partial charge in [0.25, 0.3) is 0 Å². The minimum Gasteiger partial charge on any atom is -0.399 e. The van der Waals surface area contributed by atoms with Gasteiger partial charge in [-0.15, -0.1) is 13.2 Å². The van der Waals surface area contributed by atoms with Crippen molar-refractivity contribution in [3.63, 3.8) is 0 Å². The first-order valence-electron chi connectivity index (χ1n) is 13.4. The van der Waals surface area contributed by atoms with E-state index in [1.807, 2.05) is 0 Å². The van der Waals surface area contributed by atoms with Gasteiger partial charge in [-0.05, 0) is 78.5 Å². The van der Waals surface area contributed by atoms with Crippen LogP contribution in [-0.2, 0) is 12.8 Å². The summed E-state index contributed by atoms with van der Waals surface area (Å²) in [7, 11) is 0. The van der Waals surface area contributed by atoms with E-state index < -0.39 is 29.6 Å². The minimum absolute atomic E-state index is 0.0531. The molecule has 7 heteroatoms. The van der Waals surface area contributed by atoms with E-state index in [1.165, 1.54) is 69.1 Å². The number of halogens is 6. The van der Waals surface area contributed by atoms with Gasteiger partial charge < -0.3 is 4.74 Å². The highest BCUT2D eigenvalue weighted by Gasteiger charge is 2.34. The van der Waals surface area contributed by atoms with Crippen LogP contribution in [0.5, 0.6) is 5.75 Å². The molecule has 1 fully saturated rings. The van der Waals surface area contributed by atoms with Crippen molar-refractivity contribution in [1.29, 1.82) is 0 Å². The van der Waals surface area contributed by atoms with Gasteiger partial charge in [0.05, 0.1) is 0 Å². The molecule has 0 radical (unpaired) electrons. The van der Waals surface area contributed by atoms with Crippen LogP contribution in [0.3, 0.4) is 0 Å². The molecule has 1 saturated carbocycles. The van der Waals surface area contributed by atoms with Gasteiger partial charge in [0.2, 0.25) is 5.75 Å². The monoisotopic (exact) mass is 524 g/mol. The molecule has 0 aromatic heterocycles. The van der Waals surface area contributed by atoms with Crippen molar-refractivity contribution < 1.29 is 31.1 Å². The van der Waals surface area contributed by atoms with Gasteiger partial charge in [-0.1, -0.05) is 69.9 Å². The first-order valence-corrected chi connectivity index (χ1v) is 13.4. The lowest BCUT2D eigenvalue weighted by molar-refractivity contribution is -0.276. The molecule has 37 heavy (non-hydrogen) atoms. The Kier molecular flexibility index (Phi) is 8.91. The zero-order valence-corrected chi connectivity index (χ0v) is 21.2. The van der Waals surface area contributed by atoms with Crippen LogP contribution in [0, 0.1) is 29.3 Å². The van der Waals surface area contributed by atoms with Gasteiger partial charge in [0.15, 0.2) is 11.6 Å². The van der Waals surface area contributed by atoms with Crippen molar-refractivity contribution >= 4 is 0 Å². The maximum atomic E-state index is 15.0. The van der Waals surface area contributed by atoms with E-state index in [0.717, 1.165) is 35.8 Å². The SMILES string of the molecule is CCCCCC1CCC(CCC2=CCc3cc(-c4cc(F)c(OC(F)(F)F)c(F)c4)c(F)cc3C2)CC1. The normalized spacial score (nSPS) is 19.9. The Bertz CT molecular complexity index is 1090. The van der Waals surface area contributed by atoms with Crippen LogP contribution in [0.4, 0.5) is 26.3 Å². The molecule has 0 aliphatic heterocycles. The van der Waals surface area contributed by atoms with Gasteiger partial charge in [-0.2, -0.15) is 0 Å². The second-order valence-electron chi connectivity index (χ2n) is 10.6. The van der Waals surface area contributed by atoms with E-state index in [9.17, 15) is 26.3 Å². The quantitative estimate of drug-likeness (QED) is 0.180. The van der Waals surface area contributed by atoms with E-state index >= 15 is 0 Å². The number of unbranched alkanes of at least 4 members (excludes halogenated alkanes) is 2. The highest BCUT2D eigenvalue weighted by Crippen LogP contribution is 2.38. The fourth-order valence-electron chi connectivity index (χ4n) is 5.81.